The number of nitro groups is 1. The number of hydrogen-bond acceptors (Lipinski definition) is 5. The molecule has 1 aromatic heterocycles. The van der Waals surface area contributed by atoms with E-state index in [1.54, 1.807) is 6.92 Å². The molecule has 20 heavy (non-hydrogen) atoms. The van der Waals surface area contributed by atoms with Crippen molar-refractivity contribution in [1.82, 2.24) is 4.98 Å². The van der Waals surface area contributed by atoms with Gasteiger partial charge in [-0.2, -0.15) is 5.26 Å². The summed E-state index contributed by atoms with van der Waals surface area (Å²) in [6, 6.07) is 9.11. The lowest BCUT2D eigenvalue weighted by Crippen LogP contribution is -1.94. The lowest BCUT2D eigenvalue weighted by Gasteiger charge is -2.06. The van der Waals surface area contributed by atoms with Crippen LogP contribution in [0.1, 0.15) is 11.1 Å². The first kappa shape index (κ1) is 13.8. The molecule has 2 rings (SSSR count). The number of nitrogens with zero attached hydrogens (tertiary/aromatic N) is 3. The summed E-state index contributed by atoms with van der Waals surface area (Å²) in [5.74, 6) is 0.536. The predicted molar refractivity (Wildman–Crippen MR) is 71.9 cm³/mol. The van der Waals surface area contributed by atoms with Crippen molar-refractivity contribution in [3.05, 3.63) is 56.7 Å². The topological polar surface area (TPSA) is 89.0 Å². The number of aromatic nitrogens is 1. The van der Waals surface area contributed by atoms with Crippen LogP contribution in [0.15, 0.2) is 30.3 Å². The highest BCUT2D eigenvalue weighted by atomic mass is 35.5. The van der Waals surface area contributed by atoms with Gasteiger partial charge in [-0.05, 0) is 25.1 Å². The SMILES string of the molecule is Cc1cc(Oc2cc(C#N)cc(Cl)n2)ccc1[N+](=O)[O-]. The molecule has 0 unspecified atom stereocenters. The Labute approximate surface area is 119 Å². The maximum absolute atomic E-state index is 10.7. The fraction of sp³-hybridized carbons (Fsp3) is 0.0769. The summed E-state index contributed by atoms with van der Waals surface area (Å²) in [6.07, 6.45) is 0. The van der Waals surface area contributed by atoms with Gasteiger partial charge in [0.15, 0.2) is 0 Å². The monoisotopic (exact) mass is 289 g/mol. The molecule has 0 aliphatic rings. The number of aryl methyl sites for hydroxylation is 1. The van der Waals surface area contributed by atoms with E-state index >= 15 is 0 Å². The van der Waals surface area contributed by atoms with Gasteiger partial charge >= 0.3 is 0 Å². The Morgan fingerprint density at radius 2 is 2.15 bits per heavy atom. The zero-order valence-corrected chi connectivity index (χ0v) is 11.1. The zero-order valence-electron chi connectivity index (χ0n) is 10.3. The van der Waals surface area contributed by atoms with E-state index in [0.29, 0.717) is 16.9 Å². The molecule has 6 nitrogen and oxygen atoms in total. The van der Waals surface area contributed by atoms with Crippen LogP contribution in [-0.2, 0) is 0 Å². The lowest BCUT2D eigenvalue weighted by molar-refractivity contribution is -0.385. The van der Waals surface area contributed by atoms with Crippen LogP contribution in [0.2, 0.25) is 5.15 Å². The number of nitro benzene ring substituents is 1. The van der Waals surface area contributed by atoms with Crippen LogP contribution in [0.5, 0.6) is 11.6 Å². The van der Waals surface area contributed by atoms with Crippen molar-refractivity contribution in [3.8, 4) is 17.7 Å². The summed E-state index contributed by atoms with van der Waals surface area (Å²) < 4.78 is 5.45. The third-order valence-corrected chi connectivity index (χ3v) is 2.68. The standard InChI is InChI=1S/C13H8ClN3O3/c1-8-4-10(2-3-11(8)17(18)19)20-13-6-9(7-15)5-12(14)16-13/h2-6H,1H3. The third kappa shape index (κ3) is 3.02. The summed E-state index contributed by atoms with van der Waals surface area (Å²) in [5.41, 5.74) is 0.794. The molecule has 0 saturated heterocycles. The quantitative estimate of drug-likeness (QED) is 0.489. The molecule has 1 aromatic carbocycles. The van der Waals surface area contributed by atoms with Gasteiger partial charge in [-0.25, -0.2) is 4.98 Å². The van der Waals surface area contributed by atoms with E-state index in [1.165, 1.54) is 30.3 Å². The van der Waals surface area contributed by atoms with Crippen molar-refractivity contribution in [1.29, 1.82) is 5.26 Å². The molecule has 1 heterocycles. The summed E-state index contributed by atoms with van der Waals surface area (Å²) in [7, 11) is 0. The molecule has 0 aliphatic carbocycles. The molecular formula is C13H8ClN3O3. The summed E-state index contributed by atoms with van der Waals surface area (Å²) in [4.78, 5) is 14.2. The van der Waals surface area contributed by atoms with Crippen LogP contribution in [0, 0.1) is 28.4 Å². The second-order valence-corrected chi connectivity index (χ2v) is 4.32. The maximum Gasteiger partial charge on any atom is 0.272 e. The summed E-state index contributed by atoms with van der Waals surface area (Å²) >= 11 is 5.76. The van der Waals surface area contributed by atoms with Gasteiger partial charge < -0.3 is 4.74 Å². The predicted octanol–water partition coefficient (Wildman–Crippen LogP) is 3.62. The van der Waals surface area contributed by atoms with Gasteiger partial charge in [0.2, 0.25) is 5.88 Å². The lowest BCUT2D eigenvalue weighted by atomic mass is 10.2. The van der Waals surface area contributed by atoms with Crippen LogP contribution < -0.4 is 4.74 Å². The van der Waals surface area contributed by atoms with Crippen LogP contribution in [-0.4, -0.2) is 9.91 Å². The molecule has 0 bridgehead atoms. The molecule has 7 heteroatoms. The number of nitriles is 1. The van der Waals surface area contributed by atoms with E-state index in [4.69, 9.17) is 21.6 Å². The number of hydrogen-bond donors (Lipinski definition) is 0. The van der Waals surface area contributed by atoms with E-state index in [0.717, 1.165) is 0 Å². The van der Waals surface area contributed by atoms with E-state index < -0.39 is 4.92 Å². The first-order valence-electron chi connectivity index (χ1n) is 5.50. The molecule has 0 spiro atoms. The molecule has 0 amide bonds. The Hall–Kier alpha value is -2.65. The number of benzene rings is 1. The molecule has 0 fully saturated rings. The molecule has 0 atom stereocenters. The minimum Gasteiger partial charge on any atom is -0.439 e. The van der Waals surface area contributed by atoms with E-state index in [1.807, 2.05) is 6.07 Å². The smallest absolute Gasteiger partial charge is 0.272 e. The Bertz CT molecular complexity index is 725. The Morgan fingerprint density at radius 3 is 2.75 bits per heavy atom. The zero-order chi connectivity index (χ0) is 14.7. The van der Waals surface area contributed by atoms with Crippen LogP contribution in [0.25, 0.3) is 0 Å². The fourth-order valence-electron chi connectivity index (χ4n) is 1.61. The van der Waals surface area contributed by atoms with E-state index in [9.17, 15) is 10.1 Å². The average molecular weight is 290 g/mol. The van der Waals surface area contributed by atoms with Crippen molar-refractivity contribution < 1.29 is 9.66 Å². The molecule has 0 radical (unpaired) electrons. The molecule has 2 aromatic rings. The summed E-state index contributed by atoms with van der Waals surface area (Å²) in [5, 5.41) is 19.7. The van der Waals surface area contributed by atoms with Crippen molar-refractivity contribution in [2.75, 3.05) is 0 Å². The number of pyridine rings is 1. The molecule has 0 aliphatic heterocycles. The Morgan fingerprint density at radius 1 is 1.40 bits per heavy atom. The van der Waals surface area contributed by atoms with Crippen molar-refractivity contribution in [2.24, 2.45) is 0 Å². The fourth-order valence-corrected chi connectivity index (χ4v) is 1.81. The van der Waals surface area contributed by atoms with Crippen molar-refractivity contribution in [2.45, 2.75) is 6.92 Å². The molecule has 100 valence electrons. The second kappa shape index (κ2) is 5.55. The van der Waals surface area contributed by atoms with Crippen LogP contribution in [0.4, 0.5) is 5.69 Å². The molecule has 0 saturated carbocycles. The number of rotatable bonds is 3. The minimum atomic E-state index is -0.468. The van der Waals surface area contributed by atoms with Crippen molar-refractivity contribution >= 4 is 17.3 Å². The largest absolute Gasteiger partial charge is 0.439 e. The van der Waals surface area contributed by atoms with Gasteiger partial charge in [0, 0.05) is 17.7 Å². The molecule has 0 N–H and O–H groups in total. The Balaban J connectivity index is 2.31. The third-order valence-electron chi connectivity index (χ3n) is 2.49. The van der Waals surface area contributed by atoms with Gasteiger partial charge in [-0.1, -0.05) is 11.6 Å². The van der Waals surface area contributed by atoms with Crippen molar-refractivity contribution in [3.63, 3.8) is 0 Å². The van der Waals surface area contributed by atoms with Gasteiger partial charge in [0.05, 0.1) is 16.6 Å². The highest BCUT2D eigenvalue weighted by Gasteiger charge is 2.11. The number of halogens is 1. The highest BCUT2D eigenvalue weighted by Crippen LogP contribution is 2.27. The average Bonchev–Trinajstić information content (AvgIpc) is 2.37. The first-order valence-corrected chi connectivity index (χ1v) is 5.88. The first-order chi connectivity index (χ1) is 9.49. The van der Waals surface area contributed by atoms with Gasteiger partial charge in [-0.15, -0.1) is 0 Å². The summed E-state index contributed by atoms with van der Waals surface area (Å²) in [6.45, 7) is 1.61. The minimum absolute atomic E-state index is 0.00844. The Kier molecular flexibility index (Phi) is 3.82. The van der Waals surface area contributed by atoms with Gasteiger partial charge in [0.25, 0.3) is 5.69 Å². The van der Waals surface area contributed by atoms with Gasteiger partial charge in [-0.3, -0.25) is 10.1 Å². The van der Waals surface area contributed by atoms with E-state index in [-0.39, 0.29) is 16.7 Å². The highest BCUT2D eigenvalue weighted by molar-refractivity contribution is 6.29. The van der Waals surface area contributed by atoms with Crippen LogP contribution >= 0.6 is 11.6 Å². The van der Waals surface area contributed by atoms with E-state index in [2.05, 4.69) is 4.98 Å². The van der Waals surface area contributed by atoms with Gasteiger partial charge in [0.1, 0.15) is 10.9 Å². The normalized spacial score (nSPS) is 9.85. The number of ether oxygens (including phenoxy) is 1. The molecular weight excluding hydrogens is 282 g/mol. The maximum atomic E-state index is 10.7. The van der Waals surface area contributed by atoms with Crippen LogP contribution in [0.3, 0.4) is 0 Å². The second-order valence-electron chi connectivity index (χ2n) is 3.94.